The molecule has 0 rings (SSSR count). The quantitative estimate of drug-likeness (QED) is 0.511. The van der Waals surface area contributed by atoms with Gasteiger partial charge in [-0.05, 0) is 19.9 Å². The molecule has 2 atom stereocenters. The highest BCUT2D eigenvalue weighted by Gasteiger charge is 2.22. The van der Waals surface area contributed by atoms with Crippen LogP contribution in [-0.2, 0) is 0 Å². The van der Waals surface area contributed by atoms with Crippen LogP contribution in [0.5, 0.6) is 0 Å². The van der Waals surface area contributed by atoms with Crippen LogP contribution in [0.1, 0.15) is 33.1 Å². The van der Waals surface area contributed by atoms with E-state index in [1.54, 1.807) is 0 Å². The molecule has 3 heteroatoms. The fourth-order valence-electron chi connectivity index (χ4n) is 0.988. The van der Waals surface area contributed by atoms with Crippen LogP contribution in [0.15, 0.2) is 0 Å². The van der Waals surface area contributed by atoms with Gasteiger partial charge in [0, 0.05) is 6.42 Å². The summed E-state index contributed by atoms with van der Waals surface area (Å²) in [7, 11) is 1.83. The molecule has 0 aromatic rings. The highest BCUT2D eigenvalue weighted by Crippen LogP contribution is 2.11. The summed E-state index contributed by atoms with van der Waals surface area (Å²) in [5.74, 6) is 0. The summed E-state index contributed by atoms with van der Waals surface area (Å²) in [6.07, 6.45) is 1.94. The van der Waals surface area contributed by atoms with Crippen molar-refractivity contribution in [1.82, 2.24) is 5.32 Å². The molecule has 68 valence electrons. The third-order valence-electron chi connectivity index (χ3n) is 2.20. The van der Waals surface area contributed by atoms with Gasteiger partial charge in [0.2, 0.25) is 0 Å². The van der Waals surface area contributed by atoms with Crippen LogP contribution < -0.4 is 11.1 Å². The number of rotatable bonds is 5. The lowest BCUT2D eigenvalue weighted by atomic mass is 9.99. The zero-order chi connectivity index (χ0) is 8.91. The summed E-state index contributed by atoms with van der Waals surface area (Å²) >= 11 is 0. The molecule has 2 unspecified atom stereocenters. The SMILES string of the molecule is CCC(O)CC(N)(CC)NC. The average molecular weight is 160 g/mol. The maximum absolute atomic E-state index is 9.34. The van der Waals surface area contributed by atoms with Crippen molar-refractivity contribution in [3.05, 3.63) is 0 Å². The third-order valence-corrected chi connectivity index (χ3v) is 2.20. The van der Waals surface area contributed by atoms with E-state index in [2.05, 4.69) is 5.32 Å². The second kappa shape index (κ2) is 4.70. The molecule has 0 aliphatic rings. The molecule has 4 N–H and O–H groups in total. The first kappa shape index (κ1) is 10.9. The molecule has 0 aliphatic heterocycles. The summed E-state index contributed by atoms with van der Waals surface area (Å²) in [4.78, 5) is 0. The second-order valence-electron chi connectivity index (χ2n) is 3.03. The first-order valence-electron chi connectivity index (χ1n) is 4.23. The summed E-state index contributed by atoms with van der Waals surface area (Å²) < 4.78 is 0. The zero-order valence-corrected chi connectivity index (χ0v) is 7.72. The van der Waals surface area contributed by atoms with Crippen LogP contribution in [0.25, 0.3) is 0 Å². The summed E-state index contributed by atoms with van der Waals surface area (Å²) in [6, 6.07) is 0. The van der Waals surface area contributed by atoms with Gasteiger partial charge in [-0.25, -0.2) is 0 Å². The number of aliphatic hydroxyl groups excluding tert-OH is 1. The number of hydrogen-bond acceptors (Lipinski definition) is 3. The van der Waals surface area contributed by atoms with Gasteiger partial charge in [0.25, 0.3) is 0 Å². The molecule has 0 aliphatic carbocycles. The van der Waals surface area contributed by atoms with Crippen LogP contribution in [-0.4, -0.2) is 23.9 Å². The van der Waals surface area contributed by atoms with E-state index in [9.17, 15) is 5.11 Å². The van der Waals surface area contributed by atoms with Gasteiger partial charge in [-0.2, -0.15) is 0 Å². The van der Waals surface area contributed by atoms with Gasteiger partial charge in [-0.3, -0.25) is 0 Å². The van der Waals surface area contributed by atoms with E-state index in [1.807, 2.05) is 20.9 Å². The van der Waals surface area contributed by atoms with Crippen molar-refractivity contribution in [2.24, 2.45) is 5.73 Å². The lowest BCUT2D eigenvalue weighted by molar-refractivity contribution is 0.116. The summed E-state index contributed by atoms with van der Waals surface area (Å²) in [5, 5.41) is 12.3. The Balaban J connectivity index is 3.86. The summed E-state index contributed by atoms with van der Waals surface area (Å²) in [5.41, 5.74) is 5.51. The van der Waals surface area contributed by atoms with Gasteiger partial charge >= 0.3 is 0 Å². The van der Waals surface area contributed by atoms with E-state index in [0.717, 1.165) is 12.8 Å². The molecular formula is C8H20N2O. The van der Waals surface area contributed by atoms with Gasteiger partial charge < -0.3 is 16.2 Å². The molecule has 0 heterocycles. The molecule has 0 radical (unpaired) electrons. The third kappa shape index (κ3) is 3.70. The largest absolute Gasteiger partial charge is 0.393 e. The molecular weight excluding hydrogens is 140 g/mol. The molecule has 0 saturated heterocycles. The minimum atomic E-state index is -0.393. The molecule has 0 spiro atoms. The van der Waals surface area contributed by atoms with Gasteiger partial charge in [0.05, 0.1) is 11.8 Å². The molecule has 0 amide bonds. The average Bonchev–Trinajstić information content (AvgIpc) is 2.04. The van der Waals surface area contributed by atoms with E-state index >= 15 is 0 Å². The monoisotopic (exact) mass is 160 g/mol. The van der Waals surface area contributed by atoms with Crippen molar-refractivity contribution in [3.8, 4) is 0 Å². The number of nitrogens with two attached hydrogens (primary N) is 1. The first-order chi connectivity index (χ1) is 5.08. The van der Waals surface area contributed by atoms with Gasteiger partial charge in [0.1, 0.15) is 0 Å². The summed E-state index contributed by atoms with van der Waals surface area (Å²) in [6.45, 7) is 3.97. The lowest BCUT2D eigenvalue weighted by Gasteiger charge is -2.29. The van der Waals surface area contributed by atoms with Gasteiger partial charge in [-0.1, -0.05) is 13.8 Å². The smallest absolute Gasteiger partial charge is 0.0681 e. The van der Waals surface area contributed by atoms with Crippen molar-refractivity contribution in [1.29, 1.82) is 0 Å². The number of nitrogens with one attached hydrogen (secondary N) is 1. The van der Waals surface area contributed by atoms with Crippen LogP contribution >= 0.6 is 0 Å². The molecule has 0 aromatic carbocycles. The van der Waals surface area contributed by atoms with Crippen LogP contribution in [0, 0.1) is 0 Å². The Morgan fingerprint density at radius 1 is 1.55 bits per heavy atom. The Hall–Kier alpha value is -0.120. The van der Waals surface area contributed by atoms with Crippen molar-refractivity contribution in [2.45, 2.75) is 44.9 Å². The van der Waals surface area contributed by atoms with Crippen molar-refractivity contribution in [2.75, 3.05) is 7.05 Å². The van der Waals surface area contributed by atoms with E-state index in [4.69, 9.17) is 5.73 Å². The predicted octanol–water partition coefficient (Wildman–Crippen LogP) is 0.432. The Bertz CT molecular complexity index is 102. The Morgan fingerprint density at radius 2 is 2.09 bits per heavy atom. The predicted molar refractivity (Wildman–Crippen MR) is 47.2 cm³/mol. The molecule has 0 fully saturated rings. The Morgan fingerprint density at radius 3 is 2.36 bits per heavy atom. The maximum atomic E-state index is 9.34. The lowest BCUT2D eigenvalue weighted by Crippen LogP contribution is -2.53. The van der Waals surface area contributed by atoms with Crippen molar-refractivity contribution < 1.29 is 5.11 Å². The van der Waals surface area contributed by atoms with Crippen LogP contribution in [0.3, 0.4) is 0 Å². The normalized spacial score (nSPS) is 19.4. The minimum absolute atomic E-state index is 0.285. The fourth-order valence-corrected chi connectivity index (χ4v) is 0.988. The van der Waals surface area contributed by atoms with Gasteiger partial charge in [-0.15, -0.1) is 0 Å². The van der Waals surface area contributed by atoms with E-state index < -0.39 is 5.66 Å². The van der Waals surface area contributed by atoms with Crippen molar-refractivity contribution in [3.63, 3.8) is 0 Å². The highest BCUT2D eigenvalue weighted by atomic mass is 16.3. The highest BCUT2D eigenvalue weighted by molar-refractivity contribution is 4.80. The molecule has 3 nitrogen and oxygen atoms in total. The van der Waals surface area contributed by atoms with E-state index in [-0.39, 0.29) is 6.10 Å². The molecule has 11 heavy (non-hydrogen) atoms. The van der Waals surface area contributed by atoms with Gasteiger partial charge in [0.15, 0.2) is 0 Å². The topological polar surface area (TPSA) is 58.3 Å². The Labute approximate surface area is 69.0 Å². The standard InChI is InChI=1S/C8H20N2O/c1-4-7(11)6-8(9,5-2)10-3/h7,10-11H,4-6,9H2,1-3H3. The second-order valence-corrected chi connectivity index (χ2v) is 3.03. The minimum Gasteiger partial charge on any atom is -0.393 e. The fraction of sp³-hybridized carbons (Fsp3) is 1.00. The maximum Gasteiger partial charge on any atom is 0.0681 e. The number of hydrogen-bond donors (Lipinski definition) is 3. The molecule has 0 aromatic heterocycles. The van der Waals surface area contributed by atoms with E-state index in [1.165, 1.54) is 0 Å². The van der Waals surface area contributed by atoms with Crippen LogP contribution in [0.4, 0.5) is 0 Å². The molecule has 0 saturated carbocycles. The zero-order valence-electron chi connectivity index (χ0n) is 7.72. The van der Waals surface area contributed by atoms with Crippen LogP contribution in [0.2, 0.25) is 0 Å². The van der Waals surface area contributed by atoms with Crippen molar-refractivity contribution >= 4 is 0 Å². The first-order valence-corrected chi connectivity index (χ1v) is 4.23. The number of aliphatic hydroxyl groups is 1. The van der Waals surface area contributed by atoms with E-state index in [0.29, 0.717) is 6.42 Å². The molecule has 0 bridgehead atoms. The Kier molecular flexibility index (Phi) is 4.65.